The van der Waals surface area contributed by atoms with E-state index in [1.807, 2.05) is 0 Å². The van der Waals surface area contributed by atoms with Crippen LogP contribution in [0.15, 0.2) is 18.5 Å². The maximum absolute atomic E-state index is 12.7. The molecule has 0 saturated heterocycles. The molecule has 2 aromatic heterocycles. The zero-order chi connectivity index (χ0) is 13.1. The van der Waals surface area contributed by atoms with Gasteiger partial charge in [-0.1, -0.05) is 11.6 Å². The normalized spacial score (nSPS) is 12.2. The molecule has 2 rings (SSSR count). The minimum atomic E-state index is -0.491. The fourth-order valence-electron chi connectivity index (χ4n) is 1.30. The van der Waals surface area contributed by atoms with Crippen molar-refractivity contribution in [3.8, 4) is 0 Å². The molecule has 6 nitrogen and oxygen atoms in total. The molecule has 0 aliphatic heterocycles. The number of nitrogens with one attached hydrogen (secondary N) is 1. The lowest BCUT2D eigenvalue weighted by molar-refractivity contribution is 0.604. The number of nitrogens with two attached hydrogens (primary N) is 1. The van der Waals surface area contributed by atoms with Crippen LogP contribution >= 0.6 is 11.6 Å². The zero-order valence-corrected chi connectivity index (χ0v) is 10.2. The van der Waals surface area contributed by atoms with Crippen molar-refractivity contribution in [1.82, 2.24) is 19.9 Å². The average molecular weight is 269 g/mol. The fraction of sp³-hybridized carbons (Fsp3) is 0.200. The predicted octanol–water partition coefficient (Wildman–Crippen LogP) is 1.81. The second-order valence-corrected chi connectivity index (χ2v) is 3.95. The topological polar surface area (TPSA) is 89.6 Å². The van der Waals surface area contributed by atoms with Gasteiger partial charge in [0.15, 0.2) is 5.82 Å². The molecular weight excluding hydrogens is 259 g/mol. The standard InChI is InChI=1S/C10H10ClFN6/c1-5(9-14-3-6(12)4-15-9)16-10-17-7(11)2-8(13)18-10/h2-5H,1H3,(H3,13,16,17,18)/t5-/m0/s1. The Kier molecular flexibility index (Phi) is 3.52. The van der Waals surface area contributed by atoms with Gasteiger partial charge in [0.2, 0.25) is 5.95 Å². The number of nitrogens with zero attached hydrogens (tertiary/aromatic N) is 4. The van der Waals surface area contributed by atoms with Crippen LogP contribution in [0.4, 0.5) is 16.2 Å². The van der Waals surface area contributed by atoms with Gasteiger partial charge >= 0.3 is 0 Å². The van der Waals surface area contributed by atoms with E-state index in [4.69, 9.17) is 17.3 Å². The monoisotopic (exact) mass is 268 g/mol. The molecule has 18 heavy (non-hydrogen) atoms. The summed E-state index contributed by atoms with van der Waals surface area (Å²) in [6, 6.07) is 1.13. The lowest BCUT2D eigenvalue weighted by Crippen LogP contribution is -2.13. The van der Waals surface area contributed by atoms with Crippen molar-refractivity contribution in [3.63, 3.8) is 0 Å². The third-order valence-electron chi connectivity index (χ3n) is 2.09. The molecule has 1 atom stereocenters. The van der Waals surface area contributed by atoms with E-state index in [1.54, 1.807) is 6.92 Å². The summed E-state index contributed by atoms with van der Waals surface area (Å²) in [4.78, 5) is 15.6. The Morgan fingerprint density at radius 1 is 1.33 bits per heavy atom. The third-order valence-corrected chi connectivity index (χ3v) is 2.28. The van der Waals surface area contributed by atoms with Gasteiger partial charge in [0.25, 0.3) is 0 Å². The number of aromatic nitrogens is 4. The number of halogens is 2. The van der Waals surface area contributed by atoms with Crippen molar-refractivity contribution in [2.75, 3.05) is 11.1 Å². The molecular formula is C10H10ClFN6. The molecule has 94 valence electrons. The van der Waals surface area contributed by atoms with E-state index >= 15 is 0 Å². The van der Waals surface area contributed by atoms with E-state index in [0.717, 1.165) is 12.4 Å². The highest BCUT2D eigenvalue weighted by atomic mass is 35.5. The summed E-state index contributed by atoms with van der Waals surface area (Å²) in [6.45, 7) is 1.79. The van der Waals surface area contributed by atoms with E-state index in [0.29, 0.717) is 5.82 Å². The van der Waals surface area contributed by atoms with E-state index in [1.165, 1.54) is 6.07 Å². The van der Waals surface area contributed by atoms with E-state index in [2.05, 4.69) is 25.3 Å². The van der Waals surface area contributed by atoms with Crippen LogP contribution in [0.2, 0.25) is 5.15 Å². The Morgan fingerprint density at radius 3 is 2.61 bits per heavy atom. The minimum Gasteiger partial charge on any atom is -0.383 e. The van der Waals surface area contributed by atoms with Crippen LogP contribution in [0.1, 0.15) is 18.8 Å². The van der Waals surface area contributed by atoms with Gasteiger partial charge in [0.05, 0.1) is 18.4 Å². The van der Waals surface area contributed by atoms with Gasteiger partial charge in [-0.2, -0.15) is 4.98 Å². The molecule has 0 amide bonds. The van der Waals surface area contributed by atoms with Crippen LogP contribution in [-0.2, 0) is 0 Å². The molecule has 2 aromatic rings. The van der Waals surface area contributed by atoms with Gasteiger partial charge in [0.1, 0.15) is 16.8 Å². The van der Waals surface area contributed by atoms with Gasteiger partial charge in [-0.3, -0.25) is 0 Å². The Bertz CT molecular complexity index is 526. The molecule has 0 aliphatic rings. The Hall–Kier alpha value is -2.02. The van der Waals surface area contributed by atoms with Gasteiger partial charge in [0, 0.05) is 6.07 Å². The zero-order valence-electron chi connectivity index (χ0n) is 9.43. The molecule has 0 saturated carbocycles. The molecule has 0 unspecified atom stereocenters. The van der Waals surface area contributed by atoms with Crippen molar-refractivity contribution in [2.45, 2.75) is 13.0 Å². The third kappa shape index (κ3) is 3.01. The Morgan fingerprint density at radius 2 is 2.00 bits per heavy atom. The summed E-state index contributed by atoms with van der Waals surface area (Å²) in [5, 5.41) is 3.16. The summed E-state index contributed by atoms with van der Waals surface area (Å²) in [5.74, 6) is 0.442. The average Bonchev–Trinajstić information content (AvgIpc) is 2.28. The molecule has 0 fully saturated rings. The molecule has 0 aliphatic carbocycles. The quantitative estimate of drug-likeness (QED) is 0.825. The van der Waals surface area contributed by atoms with Crippen molar-refractivity contribution in [1.29, 1.82) is 0 Å². The maximum atomic E-state index is 12.7. The SMILES string of the molecule is C[C@H](Nc1nc(N)cc(Cl)n1)c1ncc(F)cn1. The van der Waals surface area contributed by atoms with Crippen LogP contribution in [-0.4, -0.2) is 19.9 Å². The van der Waals surface area contributed by atoms with Crippen molar-refractivity contribution < 1.29 is 4.39 Å². The van der Waals surface area contributed by atoms with Gasteiger partial charge in [-0.05, 0) is 6.92 Å². The van der Waals surface area contributed by atoms with Crippen molar-refractivity contribution in [3.05, 3.63) is 35.3 Å². The largest absolute Gasteiger partial charge is 0.383 e. The second kappa shape index (κ2) is 5.09. The van der Waals surface area contributed by atoms with Gasteiger partial charge in [-0.15, -0.1) is 0 Å². The van der Waals surface area contributed by atoms with Gasteiger partial charge < -0.3 is 11.1 Å². The van der Waals surface area contributed by atoms with Crippen molar-refractivity contribution >= 4 is 23.4 Å². The summed E-state index contributed by atoms with van der Waals surface area (Å²) >= 11 is 5.75. The highest BCUT2D eigenvalue weighted by Crippen LogP contribution is 2.16. The first-order valence-electron chi connectivity index (χ1n) is 5.08. The summed E-state index contributed by atoms with van der Waals surface area (Å²) in [7, 11) is 0. The lowest BCUT2D eigenvalue weighted by Gasteiger charge is -2.12. The second-order valence-electron chi connectivity index (χ2n) is 3.56. The molecule has 0 aromatic carbocycles. The van der Waals surface area contributed by atoms with Crippen LogP contribution < -0.4 is 11.1 Å². The first-order valence-corrected chi connectivity index (χ1v) is 5.46. The Balaban J connectivity index is 2.15. The number of hydrogen-bond acceptors (Lipinski definition) is 6. The minimum absolute atomic E-state index is 0.234. The van der Waals surface area contributed by atoms with Crippen LogP contribution in [0.3, 0.4) is 0 Å². The first-order chi connectivity index (χ1) is 8.54. The molecule has 8 heteroatoms. The first kappa shape index (κ1) is 12.4. The number of hydrogen-bond donors (Lipinski definition) is 2. The summed E-state index contributed by atoms with van der Waals surface area (Å²) in [5.41, 5.74) is 5.54. The van der Waals surface area contributed by atoms with E-state index < -0.39 is 5.82 Å². The van der Waals surface area contributed by atoms with E-state index in [-0.39, 0.29) is 23.0 Å². The fourth-order valence-corrected chi connectivity index (χ4v) is 1.50. The summed E-state index contributed by atoms with van der Waals surface area (Å²) < 4.78 is 12.7. The smallest absolute Gasteiger partial charge is 0.226 e. The van der Waals surface area contributed by atoms with Crippen LogP contribution in [0.25, 0.3) is 0 Å². The lowest BCUT2D eigenvalue weighted by atomic mass is 10.3. The predicted molar refractivity (Wildman–Crippen MR) is 65.5 cm³/mol. The molecule has 0 radical (unpaired) electrons. The van der Waals surface area contributed by atoms with Crippen LogP contribution in [0, 0.1) is 5.82 Å². The van der Waals surface area contributed by atoms with Crippen molar-refractivity contribution in [2.24, 2.45) is 0 Å². The summed E-state index contributed by atoms with van der Waals surface area (Å²) in [6.07, 6.45) is 2.18. The Labute approximate surface area is 107 Å². The molecule has 0 bridgehead atoms. The van der Waals surface area contributed by atoms with E-state index in [9.17, 15) is 4.39 Å². The molecule has 3 N–H and O–H groups in total. The van der Waals surface area contributed by atoms with Crippen LogP contribution in [0.5, 0.6) is 0 Å². The molecule has 0 spiro atoms. The maximum Gasteiger partial charge on any atom is 0.226 e. The number of rotatable bonds is 3. The molecule has 2 heterocycles. The highest BCUT2D eigenvalue weighted by Gasteiger charge is 2.11. The van der Waals surface area contributed by atoms with Gasteiger partial charge in [-0.25, -0.2) is 19.3 Å². The number of nitrogen functional groups attached to an aromatic ring is 1. The highest BCUT2D eigenvalue weighted by molar-refractivity contribution is 6.29. The number of anilines is 2.